The summed E-state index contributed by atoms with van der Waals surface area (Å²) in [6, 6.07) is 8.25. The number of carbonyl (C=O) groups excluding carboxylic acids is 1. The molecular weight excluding hydrogens is 280 g/mol. The summed E-state index contributed by atoms with van der Waals surface area (Å²) in [5.41, 5.74) is 6.85. The highest BCUT2D eigenvalue weighted by molar-refractivity contribution is 6.29. The minimum atomic E-state index is -0.456. The minimum absolute atomic E-state index is 0.113. The van der Waals surface area contributed by atoms with Crippen LogP contribution in [0.25, 0.3) is 11.0 Å². The quantitative estimate of drug-likeness (QED) is 0.558. The van der Waals surface area contributed by atoms with Crippen molar-refractivity contribution in [3.8, 4) is 0 Å². The monoisotopic (exact) mass is 288 g/mol. The maximum absolute atomic E-state index is 12.0. The molecule has 0 radical (unpaired) electrons. The van der Waals surface area contributed by atoms with Gasteiger partial charge < -0.3 is 10.2 Å². The fraction of sp³-hybridized carbons (Fsp3) is 0. The molecule has 6 nitrogen and oxygen atoms in total. The highest BCUT2D eigenvalue weighted by atomic mass is 35.5. The molecule has 0 unspecified atom stereocenters. The zero-order valence-corrected chi connectivity index (χ0v) is 10.9. The first-order chi connectivity index (χ1) is 9.61. The number of fused-ring (bicyclic) bond motifs is 1. The molecule has 3 N–H and O–H groups in total. The Hall–Kier alpha value is -2.60. The van der Waals surface area contributed by atoms with Crippen LogP contribution in [0.1, 0.15) is 10.6 Å². The van der Waals surface area contributed by atoms with E-state index in [1.165, 1.54) is 12.3 Å². The molecule has 2 heterocycles. The van der Waals surface area contributed by atoms with Crippen molar-refractivity contribution in [3.05, 3.63) is 47.4 Å². The third-order valence-corrected chi connectivity index (χ3v) is 2.82. The van der Waals surface area contributed by atoms with E-state index in [9.17, 15) is 4.79 Å². The van der Waals surface area contributed by atoms with E-state index in [0.717, 1.165) is 5.39 Å². The Labute approximate surface area is 118 Å². The van der Waals surface area contributed by atoms with Gasteiger partial charge in [0.15, 0.2) is 5.76 Å². The lowest BCUT2D eigenvalue weighted by molar-refractivity contribution is 0.0998. The van der Waals surface area contributed by atoms with Crippen LogP contribution in [-0.2, 0) is 0 Å². The predicted octanol–water partition coefficient (Wildman–Crippen LogP) is 2.71. The second kappa shape index (κ2) is 4.82. The number of halogens is 1. The first kappa shape index (κ1) is 12.4. The third kappa shape index (κ3) is 2.41. The lowest BCUT2D eigenvalue weighted by Gasteiger charge is -2.00. The molecule has 0 saturated carbocycles. The number of nitrogens with zero attached hydrogens (tertiary/aromatic N) is 2. The van der Waals surface area contributed by atoms with Gasteiger partial charge in [0.1, 0.15) is 10.7 Å². The van der Waals surface area contributed by atoms with Crippen LogP contribution in [0.3, 0.4) is 0 Å². The number of hydrogen-bond donors (Lipinski definition) is 2. The summed E-state index contributed by atoms with van der Waals surface area (Å²) in [5, 5.41) is 3.50. The third-order valence-electron chi connectivity index (χ3n) is 2.61. The van der Waals surface area contributed by atoms with Crippen molar-refractivity contribution in [2.45, 2.75) is 0 Å². The summed E-state index contributed by atoms with van der Waals surface area (Å²) >= 11 is 5.72. The van der Waals surface area contributed by atoms with Gasteiger partial charge in [0.05, 0.1) is 0 Å². The van der Waals surface area contributed by atoms with Crippen molar-refractivity contribution < 1.29 is 9.21 Å². The van der Waals surface area contributed by atoms with Gasteiger partial charge in [-0.2, -0.15) is 0 Å². The van der Waals surface area contributed by atoms with Crippen LogP contribution in [-0.4, -0.2) is 15.9 Å². The Morgan fingerprint density at radius 3 is 2.95 bits per heavy atom. The summed E-state index contributed by atoms with van der Waals surface area (Å²) in [4.78, 5) is 19.8. The summed E-state index contributed by atoms with van der Waals surface area (Å²) in [7, 11) is 0. The second-order valence-corrected chi connectivity index (χ2v) is 4.45. The number of nitrogens with two attached hydrogens (primary N) is 1. The molecule has 0 spiro atoms. The number of anilines is 2. The SMILES string of the molecule is Nc1ccc2oc(C(=O)Nc3nccc(Cl)n3)cc2c1. The Kier molecular flexibility index (Phi) is 3.00. The van der Waals surface area contributed by atoms with Crippen molar-refractivity contribution in [1.29, 1.82) is 0 Å². The van der Waals surface area contributed by atoms with Gasteiger partial charge in [-0.15, -0.1) is 0 Å². The summed E-state index contributed by atoms with van der Waals surface area (Å²) < 4.78 is 5.43. The average Bonchev–Trinajstić information content (AvgIpc) is 2.81. The van der Waals surface area contributed by atoms with E-state index >= 15 is 0 Å². The summed E-state index contributed by atoms with van der Waals surface area (Å²) in [5.74, 6) is -0.196. The molecule has 0 aliphatic rings. The Morgan fingerprint density at radius 2 is 2.15 bits per heavy atom. The van der Waals surface area contributed by atoms with Crippen molar-refractivity contribution in [2.75, 3.05) is 11.1 Å². The van der Waals surface area contributed by atoms with Crippen LogP contribution >= 0.6 is 11.6 Å². The van der Waals surface area contributed by atoms with Crippen LogP contribution in [0, 0.1) is 0 Å². The lowest BCUT2D eigenvalue weighted by atomic mass is 10.2. The molecule has 0 aliphatic heterocycles. The molecule has 20 heavy (non-hydrogen) atoms. The molecule has 3 aromatic rings. The van der Waals surface area contributed by atoms with E-state index in [4.69, 9.17) is 21.8 Å². The molecule has 2 aromatic heterocycles. The number of nitrogens with one attached hydrogen (secondary N) is 1. The van der Waals surface area contributed by atoms with Crippen molar-refractivity contribution in [3.63, 3.8) is 0 Å². The van der Waals surface area contributed by atoms with Gasteiger partial charge in [-0.25, -0.2) is 9.97 Å². The molecule has 0 aliphatic carbocycles. The zero-order chi connectivity index (χ0) is 14.1. The van der Waals surface area contributed by atoms with Gasteiger partial charge in [-0.3, -0.25) is 10.1 Å². The van der Waals surface area contributed by atoms with E-state index in [-0.39, 0.29) is 16.9 Å². The Morgan fingerprint density at radius 1 is 1.30 bits per heavy atom. The number of aromatic nitrogens is 2. The van der Waals surface area contributed by atoms with Crippen LogP contribution in [0.4, 0.5) is 11.6 Å². The molecule has 7 heteroatoms. The molecule has 0 fully saturated rings. The van der Waals surface area contributed by atoms with Crippen LogP contribution < -0.4 is 11.1 Å². The number of benzene rings is 1. The molecular formula is C13H9ClN4O2. The first-order valence-electron chi connectivity index (χ1n) is 5.71. The summed E-state index contributed by atoms with van der Waals surface area (Å²) in [6.07, 6.45) is 1.45. The number of furan rings is 1. The number of rotatable bonds is 2. The molecule has 100 valence electrons. The van der Waals surface area contributed by atoms with Gasteiger partial charge in [0.25, 0.3) is 5.91 Å². The average molecular weight is 289 g/mol. The highest BCUT2D eigenvalue weighted by Gasteiger charge is 2.13. The molecule has 1 amide bonds. The molecule has 1 aromatic carbocycles. The van der Waals surface area contributed by atoms with E-state index in [2.05, 4.69) is 15.3 Å². The molecule has 0 saturated heterocycles. The standard InChI is InChI=1S/C13H9ClN4O2/c14-11-3-4-16-13(17-11)18-12(19)10-6-7-5-8(15)1-2-9(7)20-10/h1-6H,15H2,(H,16,17,18,19). The van der Waals surface area contributed by atoms with Crippen molar-refractivity contribution in [2.24, 2.45) is 0 Å². The first-order valence-corrected chi connectivity index (χ1v) is 6.08. The number of amides is 1. The van der Waals surface area contributed by atoms with E-state index in [1.54, 1.807) is 24.3 Å². The Bertz CT molecular complexity index is 800. The van der Waals surface area contributed by atoms with Crippen molar-refractivity contribution in [1.82, 2.24) is 9.97 Å². The van der Waals surface area contributed by atoms with Gasteiger partial charge in [-0.1, -0.05) is 11.6 Å². The predicted molar refractivity (Wildman–Crippen MR) is 75.6 cm³/mol. The van der Waals surface area contributed by atoms with E-state index < -0.39 is 5.91 Å². The number of nitrogen functional groups attached to an aromatic ring is 1. The zero-order valence-electron chi connectivity index (χ0n) is 10.1. The fourth-order valence-electron chi connectivity index (χ4n) is 1.73. The molecule has 0 atom stereocenters. The van der Waals surface area contributed by atoms with Gasteiger partial charge in [0, 0.05) is 17.3 Å². The smallest absolute Gasteiger partial charge is 0.293 e. The Balaban J connectivity index is 1.88. The second-order valence-electron chi connectivity index (χ2n) is 4.07. The number of hydrogen-bond acceptors (Lipinski definition) is 5. The lowest BCUT2D eigenvalue weighted by Crippen LogP contribution is -2.13. The van der Waals surface area contributed by atoms with Gasteiger partial charge in [-0.05, 0) is 30.3 Å². The van der Waals surface area contributed by atoms with Crippen LogP contribution in [0.15, 0.2) is 40.9 Å². The normalized spacial score (nSPS) is 10.7. The maximum atomic E-state index is 12.0. The maximum Gasteiger partial charge on any atom is 0.293 e. The van der Waals surface area contributed by atoms with E-state index in [1.807, 2.05) is 0 Å². The largest absolute Gasteiger partial charge is 0.451 e. The summed E-state index contributed by atoms with van der Waals surface area (Å²) in [6.45, 7) is 0. The van der Waals surface area contributed by atoms with Crippen LogP contribution in [0.5, 0.6) is 0 Å². The minimum Gasteiger partial charge on any atom is -0.451 e. The van der Waals surface area contributed by atoms with Crippen LogP contribution in [0.2, 0.25) is 5.15 Å². The van der Waals surface area contributed by atoms with E-state index in [0.29, 0.717) is 11.3 Å². The number of carbonyl (C=O) groups is 1. The van der Waals surface area contributed by atoms with Crippen molar-refractivity contribution >= 4 is 40.1 Å². The molecule has 0 bridgehead atoms. The highest BCUT2D eigenvalue weighted by Crippen LogP contribution is 2.22. The van der Waals surface area contributed by atoms with Gasteiger partial charge >= 0.3 is 0 Å². The topological polar surface area (TPSA) is 94.0 Å². The fourth-order valence-corrected chi connectivity index (χ4v) is 1.87. The molecule has 3 rings (SSSR count). The van der Waals surface area contributed by atoms with Gasteiger partial charge in [0.2, 0.25) is 5.95 Å².